The smallest absolute Gasteiger partial charge is 0.128 e. The Kier molecular flexibility index (Phi) is 3.66. The molecule has 0 aliphatic carbocycles. The van der Waals surface area contributed by atoms with Gasteiger partial charge in [0, 0.05) is 5.38 Å². The summed E-state index contributed by atoms with van der Waals surface area (Å²) in [6.45, 7) is 4.48. The van der Waals surface area contributed by atoms with E-state index in [4.69, 9.17) is 11.6 Å². The molecule has 3 rings (SSSR count). The minimum absolute atomic E-state index is 0.233. The first-order valence-electron chi connectivity index (χ1n) is 6.54. The second-order valence-corrected chi connectivity index (χ2v) is 6.53. The van der Waals surface area contributed by atoms with Gasteiger partial charge in [-0.15, -0.1) is 22.9 Å². The van der Waals surface area contributed by atoms with Gasteiger partial charge in [-0.1, -0.05) is 6.07 Å². The van der Waals surface area contributed by atoms with Gasteiger partial charge in [0.15, 0.2) is 0 Å². The van der Waals surface area contributed by atoms with E-state index in [-0.39, 0.29) is 5.38 Å². The van der Waals surface area contributed by atoms with Crippen LogP contribution in [0.2, 0.25) is 0 Å². The maximum Gasteiger partial charge on any atom is 0.128 e. The van der Waals surface area contributed by atoms with Crippen molar-refractivity contribution in [3.63, 3.8) is 0 Å². The van der Waals surface area contributed by atoms with Crippen LogP contribution in [0.5, 0.6) is 0 Å². The molecule has 106 valence electrons. The summed E-state index contributed by atoms with van der Waals surface area (Å²) in [7, 11) is 0. The van der Waals surface area contributed by atoms with Gasteiger partial charge < -0.3 is 4.57 Å². The van der Waals surface area contributed by atoms with Gasteiger partial charge in [0.05, 0.1) is 33.7 Å². The monoisotopic (exact) mass is 316 g/mol. The Bertz CT molecular complexity index is 841. The number of nitriles is 1. The molecule has 1 aromatic carbocycles. The molecule has 2 heterocycles. The maximum absolute atomic E-state index is 9.22. The van der Waals surface area contributed by atoms with Crippen LogP contribution in [0.4, 0.5) is 0 Å². The standard InChI is InChI=1S/C15H13ClN4S/c1-9(16)15-19-14-11(6-17)4-3-5-13(14)20(15)7-12-8-21-10(2)18-12/h3-5,8-9H,7H2,1-2H3. The summed E-state index contributed by atoms with van der Waals surface area (Å²) in [6.07, 6.45) is 0. The van der Waals surface area contributed by atoms with Crippen LogP contribution in [0.25, 0.3) is 11.0 Å². The molecule has 21 heavy (non-hydrogen) atoms. The molecule has 1 atom stereocenters. The molecular weight excluding hydrogens is 304 g/mol. The van der Waals surface area contributed by atoms with Gasteiger partial charge in [0.25, 0.3) is 0 Å². The Morgan fingerprint density at radius 1 is 1.43 bits per heavy atom. The lowest BCUT2D eigenvalue weighted by atomic mass is 10.2. The van der Waals surface area contributed by atoms with Gasteiger partial charge in [-0.05, 0) is 26.0 Å². The lowest BCUT2D eigenvalue weighted by Gasteiger charge is -2.08. The highest BCUT2D eigenvalue weighted by atomic mass is 35.5. The van der Waals surface area contributed by atoms with Crippen LogP contribution in [-0.2, 0) is 6.54 Å². The lowest BCUT2D eigenvalue weighted by Crippen LogP contribution is -2.06. The van der Waals surface area contributed by atoms with Crippen molar-refractivity contribution >= 4 is 34.0 Å². The van der Waals surface area contributed by atoms with Crippen molar-refractivity contribution in [1.29, 1.82) is 5.26 Å². The molecule has 2 aromatic heterocycles. The molecule has 0 saturated carbocycles. The van der Waals surface area contributed by atoms with Crippen LogP contribution in [0, 0.1) is 18.3 Å². The molecular formula is C15H13ClN4S. The van der Waals surface area contributed by atoms with Gasteiger partial charge in [-0.25, -0.2) is 9.97 Å². The molecule has 3 aromatic rings. The van der Waals surface area contributed by atoms with Gasteiger partial charge in [0.1, 0.15) is 17.4 Å². The average Bonchev–Trinajstić information content (AvgIpc) is 3.03. The Hall–Kier alpha value is -1.90. The van der Waals surface area contributed by atoms with E-state index in [1.807, 2.05) is 35.9 Å². The number of hydrogen-bond acceptors (Lipinski definition) is 4. The van der Waals surface area contributed by atoms with Gasteiger partial charge >= 0.3 is 0 Å². The minimum atomic E-state index is -0.233. The number of fused-ring (bicyclic) bond motifs is 1. The number of rotatable bonds is 3. The quantitative estimate of drug-likeness (QED) is 0.686. The van der Waals surface area contributed by atoms with E-state index in [0.29, 0.717) is 17.6 Å². The summed E-state index contributed by atoms with van der Waals surface area (Å²) in [5, 5.41) is 12.1. The van der Waals surface area contributed by atoms with Gasteiger partial charge in [-0.2, -0.15) is 5.26 Å². The van der Waals surface area contributed by atoms with Crippen molar-refractivity contribution in [3.8, 4) is 6.07 Å². The van der Waals surface area contributed by atoms with Crippen molar-refractivity contribution < 1.29 is 0 Å². The van der Waals surface area contributed by atoms with E-state index in [1.54, 1.807) is 17.4 Å². The minimum Gasteiger partial charge on any atom is -0.321 e. The van der Waals surface area contributed by atoms with Gasteiger partial charge in [0.2, 0.25) is 0 Å². The Balaban J connectivity index is 2.19. The zero-order valence-electron chi connectivity index (χ0n) is 11.7. The zero-order chi connectivity index (χ0) is 15.0. The molecule has 0 bridgehead atoms. The molecule has 0 spiro atoms. The predicted molar refractivity (Wildman–Crippen MR) is 84.7 cm³/mol. The number of thiazole rings is 1. The lowest BCUT2D eigenvalue weighted by molar-refractivity contribution is 0.729. The summed E-state index contributed by atoms with van der Waals surface area (Å²) >= 11 is 7.89. The van der Waals surface area contributed by atoms with E-state index >= 15 is 0 Å². The second-order valence-electron chi connectivity index (χ2n) is 4.82. The second kappa shape index (κ2) is 5.47. The van der Waals surface area contributed by atoms with Crippen molar-refractivity contribution in [2.75, 3.05) is 0 Å². The number of alkyl halides is 1. The number of para-hydroxylation sites is 1. The van der Waals surface area contributed by atoms with E-state index in [9.17, 15) is 5.26 Å². The van der Waals surface area contributed by atoms with E-state index in [2.05, 4.69) is 16.0 Å². The molecule has 0 aliphatic heterocycles. The number of halogens is 1. The van der Waals surface area contributed by atoms with Crippen molar-refractivity contribution in [1.82, 2.24) is 14.5 Å². The summed E-state index contributed by atoms with van der Waals surface area (Å²) in [4.78, 5) is 9.07. The Morgan fingerprint density at radius 3 is 2.86 bits per heavy atom. The fourth-order valence-electron chi connectivity index (χ4n) is 2.37. The third-order valence-corrected chi connectivity index (χ3v) is 4.29. The SMILES string of the molecule is Cc1nc(Cn2c(C(C)Cl)nc3c(C#N)cccc32)cs1. The topological polar surface area (TPSA) is 54.5 Å². The number of aromatic nitrogens is 3. The average molecular weight is 317 g/mol. The highest BCUT2D eigenvalue weighted by Gasteiger charge is 2.17. The van der Waals surface area contributed by atoms with E-state index in [1.165, 1.54) is 0 Å². The largest absolute Gasteiger partial charge is 0.321 e. The summed E-state index contributed by atoms with van der Waals surface area (Å²) in [6, 6.07) is 7.79. The van der Waals surface area contributed by atoms with Crippen LogP contribution in [0.3, 0.4) is 0 Å². The molecule has 0 amide bonds. The summed E-state index contributed by atoms with van der Waals surface area (Å²) < 4.78 is 2.04. The van der Waals surface area contributed by atoms with Crippen molar-refractivity contribution in [3.05, 3.63) is 45.7 Å². The fourth-order valence-corrected chi connectivity index (χ4v) is 3.14. The predicted octanol–water partition coefficient (Wildman–Crippen LogP) is 4.02. The number of aryl methyl sites for hydroxylation is 1. The Morgan fingerprint density at radius 2 is 2.24 bits per heavy atom. The number of hydrogen-bond donors (Lipinski definition) is 0. The fraction of sp³-hybridized carbons (Fsp3) is 0.267. The first-order valence-corrected chi connectivity index (χ1v) is 7.86. The first kappa shape index (κ1) is 14.1. The molecule has 1 unspecified atom stereocenters. The third kappa shape index (κ3) is 2.53. The molecule has 0 fully saturated rings. The molecule has 4 nitrogen and oxygen atoms in total. The first-order chi connectivity index (χ1) is 10.1. The van der Waals surface area contributed by atoms with Crippen LogP contribution < -0.4 is 0 Å². The molecule has 0 radical (unpaired) electrons. The number of imidazole rings is 1. The van der Waals surface area contributed by atoms with Crippen LogP contribution in [-0.4, -0.2) is 14.5 Å². The third-order valence-electron chi connectivity index (χ3n) is 3.27. The summed E-state index contributed by atoms with van der Waals surface area (Å²) in [5.41, 5.74) is 3.17. The van der Waals surface area contributed by atoms with Crippen molar-refractivity contribution in [2.45, 2.75) is 25.8 Å². The summed E-state index contributed by atoms with van der Waals surface area (Å²) in [5.74, 6) is 0.764. The van der Waals surface area contributed by atoms with Crippen LogP contribution in [0.1, 0.15) is 34.4 Å². The Labute approximate surface area is 131 Å². The number of nitrogens with zero attached hydrogens (tertiary/aromatic N) is 4. The molecule has 0 saturated heterocycles. The molecule has 0 N–H and O–H groups in total. The van der Waals surface area contributed by atoms with Crippen molar-refractivity contribution in [2.24, 2.45) is 0 Å². The molecule has 6 heteroatoms. The highest BCUT2D eigenvalue weighted by molar-refractivity contribution is 7.09. The highest BCUT2D eigenvalue weighted by Crippen LogP contribution is 2.27. The zero-order valence-corrected chi connectivity index (χ0v) is 13.2. The van der Waals surface area contributed by atoms with Crippen LogP contribution in [0.15, 0.2) is 23.6 Å². The van der Waals surface area contributed by atoms with E-state index in [0.717, 1.165) is 22.0 Å². The van der Waals surface area contributed by atoms with Crippen LogP contribution >= 0.6 is 22.9 Å². The normalized spacial score (nSPS) is 12.5. The van der Waals surface area contributed by atoms with Gasteiger partial charge in [-0.3, -0.25) is 0 Å². The number of benzene rings is 1. The maximum atomic E-state index is 9.22. The molecule has 0 aliphatic rings. The van der Waals surface area contributed by atoms with E-state index < -0.39 is 0 Å².